The summed E-state index contributed by atoms with van der Waals surface area (Å²) in [5, 5.41) is 11.5. The van der Waals surface area contributed by atoms with Crippen molar-refractivity contribution in [3.05, 3.63) is 40.4 Å². The molecule has 0 fully saturated rings. The molecule has 0 saturated heterocycles. The first-order chi connectivity index (χ1) is 10.6. The Morgan fingerprint density at radius 2 is 2.32 bits per heavy atom. The van der Waals surface area contributed by atoms with E-state index in [9.17, 15) is 9.90 Å². The monoisotopic (exact) mass is 337 g/mol. The highest BCUT2D eigenvalue weighted by Crippen LogP contribution is 2.34. The number of nitrogens with zero attached hydrogens (tertiary/aromatic N) is 3. The van der Waals surface area contributed by atoms with Crippen molar-refractivity contribution in [2.24, 2.45) is 0 Å². The first-order valence-corrected chi connectivity index (χ1v) is 7.82. The molecular formula is C14H12ClN3O3S. The number of amides is 1. The molecule has 0 aliphatic rings. The Morgan fingerprint density at radius 3 is 2.95 bits per heavy atom. The van der Waals surface area contributed by atoms with Crippen LogP contribution in [0.3, 0.4) is 0 Å². The maximum Gasteiger partial charge on any atom is 0.413 e. The zero-order valence-electron chi connectivity index (χ0n) is 11.6. The van der Waals surface area contributed by atoms with E-state index in [1.165, 1.54) is 17.6 Å². The normalized spacial score (nSPS) is 11.0. The van der Waals surface area contributed by atoms with Gasteiger partial charge in [0.25, 0.3) is 0 Å². The van der Waals surface area contributed by atoms with Crippen molar-refractivity contribution in [2.45, 2.75) is 19.9 Å². The van der Waals surface area contributed by atoms with E-state index in [0.29, 0.717) is 16.0 Å². The van der Waals surface area contributed by atoms with Crippen LogP contribution in [0.2, 0.25) is 5.28 Å². The van der Waals surface area contributed by atoms with Crippen molar-refractivity contribution in [1.29, 1.82) is 0 Å². The molecule has 3 aromatic rings. The lowest BCUT2D eigenvalue weighted by Crippen LogP contribution is -2.29. The number of halogens is 1. The molecule has 3 rings (SSSR count). The number of furan rings is 1. The molecule has 3 aromatic heterocycles. The number of hydrogen-bond donors (Lipinski definition) is 1. The van der Waals surface area contributed by atoms with Gasteiger partial charge in [-0.2, -0.15) is 4.98 Å². The lowest BCUT2D eigenvalue weighted by molar-refractivity contribution is 0.200. The molecule has 6 nitrogen and oxygen atoms in total. The van der Waals surface area contributed by atoms with Crippen molar-refractivity contribution >= 4 is 45.1 Å². The molecule has 0 aliphatic carbocycles. The minimum atomic E-state index is -1.13. The van der Waals surface area contributed by atoms with Crippen LogP contribution < -0.4 is 4.90 Å². The van der Waals surface area contributed by atoms with Crippen LogP contribution in [0.1, 0.15) is 18.2 Å². The van der Waals surface area contributed by atoms with Gasteiger partial charge in [-0.05, 0) is 41.1 Å². The fraction of sp³-hybridized carbons (Fsp3) is 0.214. The zero-order valence-corrected chi connectivity index (χ0v) is 13.2. The fourth-order valence-corrected chi connectivity index (χ4v) is 3.40. The molecule has 0 radical (unpaired) electrons. The molecular weight excluding hydrogens is 326 g/mol. The van der Waals surface area contributed by atoms with Crippen LogP contribution in [-0.2, 0) is 13.0 Å². The largest absolute Gasteiger partial charge is 0.467 e. The molecule has 22 heavy (non-hydrogen) atoms. The summed E-state index contributed by atoms with van der Waals surface area (Å²) in [6.45, 7) is 2.07. The van der Waals surface area contributed by atoms with Crippen LogP contribution in [0.4, 0.5) is 10.6 Å². The second kappa shape index (κ2) is 5.94. The molecule has 114 valence electrons. The molecule has 0 spiro atoms. The highest BCUT2D eigenvalue weighted by molar-refractivity contribution is 7.18. The van der Waals surface area contributed by atoms with Crippen LogP contribution >= 0.6 is 22.9 Å². The van der Waals surface area contributed by atoms with Gasteiger partial charge < -0.3 is 9.52 Å². The Labute approximate surface area is 135 Å². The van der Waals surface area contributed by atoms with Crippen LogP contribution in [0.15, 0.2) is 28.2 Å². The smallest absolute Gasteiger partial charge is 0.413 e. The average Bonchev–Trinajstić information content (AvgIpc) is 3.12. The number of anilines is 1. The molecule has 0 atom stereocenters. The predicted octanol–water partition coefficient (Wildman–Crippen LogP) is 4.18. The molecule has 1 N–H and O–H groups in total. The number of fused-ring (bicyclic) bond motifs is 1. The lowest BCUT2D eigenvalue weighted by Gasteiger charge is -2.17. The van der Waals surface area contributed by atoms with E-state index in [0.717, 1.165) is 16.9 Å². The second-order valence-electron chi connectivity index (χ2n) is 4.56. The van der Waals surface area contributed by atoms with Crippen LogP contribution in [0.25, 0.3) is 10.2 Å². The van der Waals surface area contributed by atoms with Crippen molar-refractivity contribution in [3.63, 3.8) is 0 Å². The van der Waals surface area contributed by atoms with Gasteiger partial charge in [0.1, 0.15) is 5.76 Å². The number of aryl methyl sites for hydroxylation is 1. The fourth-order valence-electron chi connectivity index (χ4n) is 2.15. The molecule has 0 saturated carbocycles. The van der Waals surface area contributed by atoms with E-state index in [2.05, 4.69) is 9.97 Å². The van der Waals surface area contributed by atoms with Crippen molar-refractivity contribution in [3.8, 4) is 0 Å². The predicted molar refractivity (Wildman–Crippen MR) is 84.7 cm³/mol. The van der Waals surface area contributed by atoms with E-state index in [4.69, 9.17) is 16.0 Å². The Morgan fingerprint density at radius 1 is 1.50 bits per heavy atom. The summed E-state index contributed by atoms with van der Waals surface area (Å²) in [6, 6.07) is 3.42. The van der Waals surface area contributed by atoms with E-state index in [-0.39, 0.29) is 17.6 Å². The number of carbonyl (C=O) groups is 1. The first kappa shape index (κ1) is 14.8. The summed E-state index contributed by atoms with van der Waals surface area (Å²) in [6.07, 6.45) is 1.16. The zero-order chi connectivity index (χ0) is 15.7. The summed E-state index contributed by atoms with van der Waals surface area (Å²) < 4.78 is 5.93. The molecule has 0 aliphatic heterocycles. The average molecular weight is 338 g/mol. The summed E-state index contributed by atoms with van der Waals surface area (Å²) in [4.78, 5) is 21.1. The van der Waals surface area contributed by atoms with E-state index in [1.807, 2.05) is 12.3 Å². The van der Waals surface area contributed by atoms with Crippen molar-refractivity contribution < 1.29 is 14.3 Å². The number of carboxylic acid groups (broad SMARTS) is 1. The second-order valence-corrected chi connectivity index (χ2v) is 5.77. The summed E-state index contributed by atoms with van der Waals surface area (Å²) >= 11 is 7.39. The van der Waals surface area contributed by atoms with Gasteiger partial charge in [0.05, 0.1) is 23.0 Å². The third kappa shape index (κ3) is 2.65. The lowest BCUT2D eigenvalue weighted by atomic mass is 10.2. The van der Waals surface area contributed by atoms with E-state index >= 15 is 0 Å². The highest BCUT2D eigenvalue weighted by Gasteiger charge is 2.23. The van der Waals surface area contributed by atoms with Gasteiger partial charge in [-0.25, -0.2) is 9.78 Å². The van der Waals surface area contributed by atoms with Crippen LogP contribution in [0, 0.1) is 0 Å². The number of aromatic nitrogens is 2. The summed E-state index contributed by atoms with van der Waals surface area (Å²) in [7, 11) is 0. The van der Waals surface area contributed by atoms with Gasteiger partial charge in [0, 0.05) is 0 Å². The molecule has 0 aromatic carbocycles. The maximum absolute atomic E-state index is 11.6. The minimum Gasteiger partial charge on any atom is -0.467 e. The number of rotatable bonds is 4. The number of hydrogen-bond acceptors (Lipinski definition) is 5. The Balaban J connectivity index is 2.13. The van der Waals surface area contributed by atoms with Gasteiger partial charge in [0.15, 0.2) is 5.82 Å². The van der Waals surface area contributed by atoms with Gasteiger partial charge in [-0.15, -0.1) is 11.3 Å². The quantitative estimate of drug-likeness (QED) is 0.722. The Hall–Kier alpha value is -2.12. The third-order valence-corrected chi connectivity index (χ3v) is 4.39. The van der Waals surface area contributed by atoms with E-state index in [1.54, 1.807) is 12.1 Å². The topological polar surface area (TPSA) is 79.5 Å². The molecule has 3 heterocycles. The maximum atomic E-state index is 11.6. The van der Waals surface area contributed by atoms with Crippen LogP contribution in [0.5, 0.6) is 0 Å². The standard InChI is InChI=1S/C14H12ClN3O3S/c1-2-8-7-22-11-10(8)16-13(15)17-12(11)18(14(19)20)6-9-4-3-5-21-9/h3-5,7H,2,6H2,1H3,(H,19,20). The third-order valence-electron chi connectivity index (χ3n) is 3.21. The van der Waals surface area contributed by atoms with Gasteiger partial charge in [-0.3, -0.25) is 4.90 Å². The number of thiophene rings is 1. The molecule has 0 unspecified atom stereocenters. The van der Waals surface area contributed by atoms with Crippen molar-refractivity contribution in [2.75, 3.05) is 4.90 Å². The summed E-state index contributed by atoms with van der Waals surface area (Å²) in [5.41, 5.74) is 1.72. The van der Waals surface area contributed by atoms with Crippen molar-refractivity contribution in [1.82, 2.24) is 9.97 Å². The van der Waals surface area contributed by atoms with Gasteiger partial charge in [-0.1, -0.05) is 6.92 Å². The first-order valence-electron chi connectivity index (χ1n) is 6.56. The Bertz CT molecular complexity index is 816. The molecule has 8 heteroatoms. The van der Waals surface area contributed by atoms with Gasteiger partial charge in [0.2, 0.25) is 5.28 Å². The van der Waals surface area contributed by atoms with E-state index < -0.39 is 6.09 Å². The summed E-state index contributed by atoms with van der Waals surface area (Å²) in [5.74, 6) is 0.807. The molecule has 0 bridgehead atoms. The Kier molecular flexibility index (Phi) is 4.00. The van der Waals surface area contributed by atoms with Crippen LogP contribution in [-0.4, -0.2) is 21.2 Å². The SMILES string of the molecule is CCc1csc2c(N(Cc3ccco3)C(=O)O)nc(Cl)nc12. The van der Waals surface area contributed by atoms with Gasteiger partial charge >= 0.3 is 6.09 Å². The minimum absolute atomic E-state index is 0.0290. The molecule has 1 amide bonds. The highest BCUT2D eigenvalue weighted by atomic mass is 35.5.